The van der Waals surface area contributed by atoms with Gasteiger partial charge in [-0.3, -0.25) is 4.90 Å². The molecule has 0 spiro atoms. The van der Waals surface area contributed by atoms with Crippen molar-refractivity contribution in [2.75, 3.05) is 45.9 Å². The molecule has 0 amide bonds. The van der Waals surface area contributed by atoms with Gasteiger partial charge in [0.15, 0.2) is 0 Å². The fourth-order valence-electron chi connectivity index (χ4n) is 2.25. The second kappa shape index (κ2) is 7.13. The topological polar surface area (TPSA) is 39.5 Å². The normalized spacial score (nSPS) is 17.1. The molecule has 1 aromatic rings. The number of hydrogen-bond acceptors (Lipinski definition) is 4. The van der Waals surface area contributed by atoms with Crippen LogP contribution in [0.25, 0.3) is 0 Å². The number of rotatable bonds is 5. The van der Waals surface area contributed by atoms with Crippen LogP contribution in [0, 0.1) is 11.3 Å². The van der Waals surface area contributed by atoms with Crippen molar-refractivity contribution in [3.63, 3.8) is 0 Å². The zero-order valence-electron chi connectivity index (χ0n) is 11.5. The molecule has 102 valence electrons. The van der Waals surface area contributed by atoms with E-state index in [0.717, 1.165) is 45.0 Å². The minimum absolute atomic E-state index is 0.669. The Hall–Kier alpha value is -1.57. The highest BCUT2D eigenvalue weighted by atomic mass is 16.5. The van der Waals surface area contributed by atoms with E-state index in [2.05, 4.69) is 22.8 Å². The van der Waals surface area contributed by atoms with Gasteiger partial charge in [-0.25, -0.2) is 0 Å². The molecule has 0 saturated carbocycles. The minimum Gasteiger partial charge on any atom is -0.492 e. The van der Waals surface area contributed by atoms with Crippen LogP contribution in [0.1, 0.15) is 12.5 Å². The van der Waals surface area contributed by atoms with E-state index in [1.54, 1.807) is 12.1 Å². The fourth-order valence-corrected chi connectivity index (χ4v) is 2.25. The summed E-state index contributed by atoms with van der Waals surface area (Å²) in [7, 11) is 0. The van der Waals surface area contributed by atoms with Gasteiger partial charge in [0.25, 0.3) is 0 Å². The molecule has 0 radical (unpaired) electrons. The van der Waals surface area contributed by atoms with Crippen LogP contribution in [0.3, 0.4) is 0 Å². The summed E-state index contributed by atoms with van der Waals surface area (Å²) in [6.45, 7) is 9.62. The Kier molecular flexibility index (Phi) is 5.20. The number of piperazine rings is 1. The lowest BCUT2D eigenvalue weighted by atomic mass is 10.2. The zero-order valence-corrected chi connectivity index (χ0v) is 11.5. The van der Waals surface area contributed by atoms with Crippen LogP contribution in [-0.2, 0) is 0 Å². The SMILES string of the molecule is CCN1CCN(CCOc2ccc(C#N)cc2)CC1. The van der Waals surface area contributed by atoms with Gasteiger partial charge >= 0.3 is 0 Å². The molecule has 2 rings (SSSR count). The second-order valence-electron chi connectivity index (χ2n) is 4.76. The van der Waals surface area contributed by atoms with Crippen LogP contribution in [-0.4, -0.2) is 55.7 Å². The van der Waals surface area contributed by atoms with E-state index < -0.39 is 0 Å². The third-order valence-corrected chi connectivity index (χ3v) is 3.57. The Morgan fingerprint density at radius 3 is 2.32 bits per heavy atom. The Labute approximate surface area is 115 Å². The molecule has 4 nitrogen and oxygen atoms in total. The van der Waals surface area contributed by atoms with E-state index in [0.29, 0.717) is 12.2 Å². The molecule has 0 bridgehead atoms. The van der Waals surface area contributed by atoms with Crippen LogP contribution in [0.2, 0.25) is 0 Å². The lowest BCUT2D eigenvalue weighted by Crippen LogP contribution is -2.47. The van der Waals surface area contributed by atoms with Crippen LogP contribution < -0.4 is 4.74 Å². The fraction of sp³-hybridized carbons (Fsp3) is 0.533. The molecule has 0 unspecified atom stereocenters. The Morgan fingerprint density at radius 2 is 1.74 bits per heavy atom. The Morgan fingerprint density at radius 1 is 1.11 bits per heavy atom. The number of nitriles is 1. The lowest BCUT2D eigenvalue weighted by molar-refractivity contribution is 0.121. The highest BCUT2D eigenvalue weighted by molar-refractivity contribution is 5.34. The van der Waals surface area contributed by atoms with Crippen LogP contribution in [0.15, 0.2) is 24.3 Å². The van der Waals surface area contributed by atoms with E-state index in [4.69, 9.17) is 10.00 Å². The quantitative estimate of drug-likeness (QED) is 0.805. The summed E-state index contributed by atoms with van der Waals surface area (Å²) in [6, 6.07) is 9.39. The largest absolute Gasteiger partial charge is 0.492 e. The van der Waals surface area contributed by atoms with E-state index in [1.165, 1.54) is 0 Å². The molecular formula is C15H21N3O. The van der Waals surface area contributed by atoms with E-state index in [9.17, 15) is 0 Å². The summed E-state index contributed by atoms with van der Waals surface area (Å²) in [5, 5.41) is 8.72. The standard InChI is InChI=1S/C15H21N3O/c1-2-17-7-9-18(10-8-17)11-12-19-15-5-3-14(13-16)4-6-15/h3-6H,2,7-12H2,1H3. The highest BCUT2D eigenvalue weighted by Crippen LogP contribution is 2.11. The van der Waals surface area contributed by atoms with Crippen LogP contribution in [0.5, 0.6) is 5.75 Å². The first-order chi connectivity index (χ1) is 9.31. The second-order valence-corrected chi connectivity index (χ2v) is 4.76. The molecule has 1 saturated heterocycles. The van der Waals surface area contributed by atoms with E-state index >= 15 is 0 Å². The molecule has 4 heteroatoms. The van der Waals surface area contributed by atoms with Crippen molar-refractivity contribution < 1.29 is 4.74 Å². The monoisotopic (exact) mass is 259 g/mol. The van der Waals surface area contributed by atoms with Gasteiger partial charge in [-0.1, -0.05) is 6.92 Å². The average molecular weight is 259 g/mol. The molecule has 1 aromatic carbocycles. The first kappa shape index (κ1) is 13.9. The van der Waals surface area contributed by atoms with Crippen molar-refractivity contribution in [2.24, 2.45) is 0 Å². The maximum Gasteiger partial charge on any atom is 0.119 e. The molecule has 0 aliphatic carbocycles. The maximum atomic E-state index is 8.72. The summed E-state index contributed by atoms with van der Waals surface area (Å²) in [5.41, 5.74) is 0.669. The minimum atomic E-state index is 0.669. The highest BCUT2D eigenvalue weighted by Gasteiger charge is 2.14. The number of benzene rings is 1. The van der Waals surface area contributed by atoms with Crippen molar-refractivity contribution in [2.45, 2.75) is 6.92 Å². The van der Waals surface area contributed by atoms with Crippen molar-refractivity contribution in [3.8, 4) is 11.8 Å². The third-order valence-electron chi connectivity index (χ3n) is 3.57. The first-order valence-corrected chi connectivity index (χ1v) is 6.89. The maximum absolute atomic E-state index is 8.72. The number of likely N-dealkylation sites (N-methyl/N-ethyl adjacent to an activating group) is 1. The lowest BCUT2D eigenvalue weighted by Gasteiger charge is -2.33. The predicted octanol–water partition coefficient (Wildman–Crippen LogP) is 1.57. The van der Waals surface area contributed by atoms with Gasteiger partial charge < -0.3 is 9.64 Å². The number of hydrogen-bond donors (Lipinski definition) is 0. The Bertz CT molecular complexity index is 416. The van der Waals surface area contributed by atoms with Crippen molar-refractivity contribution in [1.82, 2.24) is 9.80 Å². The predicted molar refractivity (Wildman–Crippen MR) is 75.2 cm³/mol. The van der Waals surface area contributed by atoms with E-state index in [1.807, 2.05) is 12.1 Å². The van der Waals surface area contributed by atoms with Gasteiger partial charge in [0.2, 0.25) is 0 Å². The summed E-state index contributed by atoms with van der Waals surface area (Å²) in [4.78, 5) is 4.91. The van der Waals surface area contributed by atoms with E-state index in [-0.39, 0.29) is 0 Å². The molecule has 1 aliphatic heterocycles. The summed E-state index contributed by atoms with van der Waals surface area (Å²) in [5.74, 6) is 0.839. The van der Waals surface area contributed by atoms with Crippen molar-refractivity contribution in [1.29, 1.82) is 5.26 Å². The van der Waals surface area contributed by atoms with Crippen molar-refractivity contribution >= 4 is 0 Å². The average Bonchev–Trinajstić information content (AvgIpc) is 2.49. The summed E-state index contributed by atoms with van der Waals surface area (Å²) >= 11 is 0. The molecular weight excluding hydrogens is 238 g/mol. The van der Waals surface area contributed by atoms with Crippen molar-refractivity contribution in [3.05, 3.63) is 29.8 Å². The summed E-state index contributed by atoms with van der Waals surface area (Å²) in [6.07, 6.45) is 0. The molecule has 0 atom stereocenters. The smallest absolute Gasteiger partial charge is 0.119 e. The van der Waals surface area contributed by atoms with Gasteiger partial charge in [0, 0.05) is 32.7 Å². The number of nitrogens with zero attached hydrogens (tertiary/aromatic N) is 3. The Balaban J connectivity index is 1.68. The third kappa shape index (κ3) is 4.23. The molecule has 1 heterocycles. The molecule has 0 N–H and O–H groups in total. The molecule has 1 aliphatic rings. The molecule has 0 aromatic heterocycles. The van der Waals surface area contributed by atoms with Crippen LogP contribution in [0.4, 0.5) is 0 Å². The van der Waals surface area contributed by atoms with Gasteiger partial charge in [-0.2, -0.15) is 5.26 Å². The van der Waals surface area contributed by atoms with Gasteiger partial charge in [0.1, 0.15) is 12.4 Å². The van der Waals surface area contributed by atoms with Gasteiger partial charge in [-0.05, 0) is 30.8 Å². The first-order valence-electron chi connectivity index (χ1n) is 6.89. The van der Waals surface area contributed by atoms with Gasteiger partial charge in [-0.15, -0.1) is 0 Å². The molecule has 19 heavy (non-hydrogen) atoms. The molecule has 1 fully saturated rings. The van der Waals surface area contributed by atoms with Gasteiger partial charge in [0.05, 0.1) is 11.6 Å². The zero-order chi connectivity index (χ0) is 13.5. The number of ether oxygens (including phenoxy) is 1. The summed E-state index contributed by atoms with van der Waals surface area (Å²) < 4.78 is 5.70. The van der Waals surface area contributed by atoms with Crippen LogP contribution >= 0.6 is 0 Å².